The van der Waals surface area contributed by atoms with Gasteiger partial charge in [-0.15, -0.1) is 6.58 Å². The van der Waals surface area contributed by atoms with E-state index in [4.69, 9.17) is 18.9 Å². The van der Waals surface area contributed by atoms with Crippen LogP contribution in [0, 0.1) is 5.92 Å². The third-order valence-electron chi connectivity index (χ3n) is 6.07. The fourth-order valence-electron chi connectivity index (χ4n) is 4.24. The first-order chi connectivity index (χ1) is 17.3. The summed E-state index contributed by atoms with van der Waals surface area (Å²) < 4.78 is 22.7. The molecule has 0 aromatic carbocycles. The van der Waals surface area contributed by atoms with Gasteiger partial charge in [-0.2, -0.15) is 0 Å². The Kier molecular flexibility index (Phi) is 16.8. The van der Waals surface area contributed by atoms with Crippen LogP contribution in [-0.2, 0) is 23.7 Å². The summed E-state index contributed by atoms with van der Waals surface area (Å²) in [6.45, 7) is 15.0. The Labute approximate surface area is 219 Å². The van der Waals surface area contributed by atoms with Gasteiger partial charge in [-0.05, 0) is 58.3 Å². The molecule has 0 bridgehead atoms. The normalized spacial score (nSPS) is 19.5. The topological polar surface area (TPSA) is 54.0 Å². The van der Waals surface area contributed by atoms with Crippen LogP contribution in [0.3, 0.4) is 0 Å². The van der Waals surface area contributed by atoms with Crippen LogP contribution >= 0.6 is 0 Å². The van der Waals surface area contributed by atoms with Gasteiger partial charge in [0.1, 0.15) is 12.2 Å². The Morgan fingerprint density at radius 1 is 1.14 bits per heavy atom. The maximum atomic E-state index is 12.2. The van der Waals surface area contributed by atoms with Crippen LogP contribution in [0.1, 0.15) is 65.7 Å². The van der Waals surface area contributed by atoms with Crippen LogP contribution in [0.15, 0.2) is 72.9 Å². The summed E-state index contributed by atoms with van der Waals surface area (Å²) in [5, 5.41) is 0. The molecule has 0 N–H and O–H groups in total. The standard InChI is InChI=1S/C31H48O5/c1-8-14-31(32)36-30(29(34-7)19-18-27(33-6)21-24(2)3)17-11-9-10-15-25(4)22-26(5)23-28-16-12-13-20-35-28/h8-9,11-14,18-19,26-30H,2,4,10,15-17,20-23H2,1,3,5-7H3/b11-9+,14-8-,19-18+. The van der Waals surface area contributed by atoms with Crippen molar-refractivity contribution in [1.29, 1.82) is 0 Å². The van der Waals surface area contributed by atoms with E-state index in [2.05, 4.69) is 44.4 Å². The summed E-state index contributed by atoms with van der Waals surface area (Å²) in [5.41, 5.74) is 2.30. The zero-order chi connectivity index (χ0) is 26.8. The van der Waals surface area contributed by atoms with Crippen LogP contribution in [-0.4, -0.2) is 51.2 Å². The average molecular weight is 501 g/mol. The number of esters is 1. The van der Waals surface area contributed by atoms with Crippen molar-refractivity contribution in [2.45, 2.75) is 90.1 Å². The molecule has 36 heavy (non-hydrogen) atoms. The fraction of sp³-hybridized carbons (Fsp3) is 0.581. The smallest absolute Gasteiger partial charge is 0.330 e. The van der Waals surface area contributed by atoms with Crippen molar-refractivity contribution < 1.29 is 23.7 Å². The van der Waals surface area contributed by atoms with E-state index in [1.54, 1.807) is 27.2 Å². The van der Waals surface area contributed by atoms with Crippen LogP contribution < -0.4 is 0 Å². The van der Waals surface area contributed by atoms with Gasteiger partial charge in [-0.1, -0.05) is 67.2 Å². The number of hydrogen-bond acceptors (Lipinski definition) is 5. The lowest BCUT2D eigenvalue weighted by Gasteiger charge is -2.23. The van der Waals surface area contributed by atoms with Crippen molar-refractivity contribution in [1.82, 2.24) is 0 Å². The average Bonchev–Trinajstić information content (AvgIpc) is 2.83. The zero-order valence-corrected chi connectivity index (χ0v) is 23.1. The lowest BCUT2D eigenvalue weighted by atomic mass is 9.92. The second-order valence-electron chi connectivity index (χ2n) is 9.70. The third-order valence-corrected chi connectivity index (χ3v) is 6.07. The second kappa shape index (κ2) is 19.0. The molecule has 5 nitrogen and oxygen atoms in total. The number of methoxy groups -OCH3 is 2. The van der Waals surface area contributed by atoms with Gasteiger partial charge in [0, 0.05) is 26.7 Å². The Hall–Kier alpha value is -2.21. The molecule has 5 heteroatoms. The van der Waals surface area contributed by atoms with Gasteiger partial charge in [-0.3, -0.25) is 0 Å². The largest absolute Gasteiger partial charge is 0.456 e. The van der Waals surface area contributed by atoms with E-state index in [-0.39, 0.29) is 18.2 Å². The van der Waals surface area contributed by atoms with Gasteiger partial charge < -0.3 is 18.9 Å². The Bertz CT molecular complexity index is 776. The van der Waals surface area contributed by atoms with Crippen LogP contribution in [0.4, 0.5) is 0 Å². The number of rotatable bonds is 18. The van der Waals surface area contributed by atoms with Gasteiger partial charge in [0.05, 0.1) is 18.8 Å². The molecule has 0 amide bonds. The van der Waals surface area contributed by atoms with Crippen molar-refractivity contribution in [3.05, 3.63) is 72.9 Å². The van der Waals surface area contributed by atoms with Crippen LogP contribution in [0.2, 0.25) is 0 Å². The van der Waals surface area contributed by atoms with Crippen LogP contribution in [0.25, 0.3) is 0 Å². The van der Waals surface area contributed by atoms with E-state index in [1.165, 1.54) is 11.6 Å². The third kappa shape index (κ3) is 14.4. The summed E-state index contributed by atoms with van der Waals surface area (Å²) >= 11 is 0. The van der Waals surface area contributed by atoms with E-state index in [1.807, 2.05) is 19.1 Å². The predicted molar refractivity (Wildman–Crippen MR) is 149 cm³/mol. The van der Waals surface area contributed by atoms with E-state index >= 15 is 0 Å². The molecule has 1 heterocycles. The Morgan fingerprint density at radius 3 is 2.53 bits per heavy atom. The van der Waals surface area contributed by atoms with Crippen LogP contribution in [0.5, 0.6) is 0 Å². The fourth-order valence-corrected chi connectivity index (χ4v) is 4.24. The minimum Gasteiger partial charge on any atom is -0.456 e. The molecule has 1 aliphatic rings. The van der Waals surface area contributed by atoms with E-state index in [0.717, 1.165) is 50.7 Å². The molecule has 0 radical (unpaired) electrons. The molecule has 0 saturated carbocycles. The summed E-state index contributed by atoms with van der Waals surface area (Å²) in [6.07, 6.45) is 21.1. The molecule has 0 saturated heterocycles. The highest BCUT2D eigenvalue weighted by Crippen LogP contribution is 2.23. The summed E-state index contributed by atoms with van der Waals surface area (Å²) in [7, 11) is 3.29. The highest BCUT2D eigenvalue weighted by Gasteiger charge is 2.22. The Balaban J connectivity index is 2.60. The first kappa shape index (κ1) is 31.8. The molecule has 0 spiro atoms. The zero-order valence-electron chi connectivity index (χ0n) is 23.1. The lowest BCUT2D eigenvalue weighted by Crippen LogP contribution is -2.31. The molecule has 1 aliphatic heterocycles. The van der Waals surface area contributed by atoms with E-state index in [9.17, 15) is 4.79 Å². The maximum absolute atomic E-state index is 12.2. The molecular formula is C31H48O5. The number of carbonyl (C=O) groups is 1. The Morgan fingerprint density at radius 2 is 1.92 bits per heavy atom. The van der Waals surface area contributed by atoms with Gasteiger partial charge in [0.2, 0.25) is 0 Å². The summed E-state index contributed by atoms with van der Waals surface area (Å²) in [6, 6.07) is 0. The van der Waals surface area contributed by atoms with Gasteiger partial charge in [0.15, 0.2) is 0 Å². The highest BCUT2D eigenvalue weighted by molar-refractivity contribution is 5.82. The SMILES string of the molecule is C=C(C)CC(/C=C/C(OC)C(C/C=C/CCC(=C)CC(C)CC1CC=CCO1)OC(=O)/C=C\C)OC. The highest BCUT2D eigenvalue weighted by atomic mass is 16.6. The van der Waals surface area contributed by atoms with Gasteiger partial charge in [-0.25, -0.2) is 4.79 Å². The first-order valence-electron chi connectivity index (χ1n) is 13.1. The van der Waals surface area contributed by atoms with Crippen molar-refractivity contribution in [2.24, 2.45) is 5.92 Å². The summed E-state index contributed by atoms with van der Waals surface area (Å²) in [4.78, 5) is 12.2. The molecule has 0 aromatic heterocycles. The number of carbonyl (C=O) groups excluding carboxylic acids is 1. The predicted octanol–water partition coefficient (Wildman–Crippen LogP) is 7.07. The maximum Gasteiger partial charge on any atom is 0.330 e. The van der Waals surface area contributed by atoms with Crippen molar-refractivity contribution in [2.75, 3.05) is 20.8 Å². The van der Waals surface area contributed by atoms with Gasteiger partial charge >= 0.3 is 5.97 Å². The van der Waals surface area contributed by atoms with Crippen molar-refractivity contribution >= 4 is 5.97 Å². The van der Waals surface area contributed by atoms with E-state index < -0.39 is 6.10 Å². The molecule has 202 valence electrons. The lowest BCUT2D eigenvalue weighted by molar-refractivity contribution is -0.148. The summed E-state index contributed by atoms with van der Waals surface area (Å²) in [5.74, 6) is 0.180. The molecule has 0 aliphatic carbocycles. The van der Waals surface area contributed by atoms with E-state index in [0.29, 0.717) is 18.4 Å². The van der Waals surface area contributed by atoms with Crippen molar-refractivity contribution in [3.8, 4) is 0 Å². The minimum atomic E-state index is -0.443. The minimum absolute atomic E-state index is 0.0999. The van der Waals surface area contributed by atoms with Crippen molar-refractivity contribution in [3.63, 3.8) is 0 Å². The number of allylic oxidation sites excluding steroid dienone is 3. The molecule has 0 fully saturated rings. The molecule has 1 rings (SSSR count). The monoisotopic (exact) mass is 500 g/mol. The molecule has 5 unspecified atom stereocenters. The number of ether oxygens (including phenoxy) is 4. The second-order valence-corrected chi connectivity index (χ2v) is 9.70. The van der Waals surface area contributed by atoms with Gasteiger partial charge in [0.25, 0.3) is 0 Å². The molecule has 5 atom stereocenters. The number of hydrogen-bond donors (Lipinski definition) is 0. The quantitative estimate of drug-likeness (QED) is 0.114. The molecule has 0 aromatic rings. The first-order valence-corrected chi connectivity index (χ1v) is 13.1. The molecular weight excluding hydrogens is 452 g/mol.